The molecular formula is C41H24N4S. The van der Waals surface area contributed by atoms with E-state index in [1.54, 1.807) is 11.3 Å². The van der Waals surface area contributed by atoms with E-state index in [4.69, 9.17) is 9.97 Å². The molecule has 0 N–H and O–H groups in total. The minimum atomic E-state index is 0.621. The Labute approximate surface area is 269 Å². The van der Waals surface area contributed by atoms with Gasteiger partial charge in [-0.1, -0.05) is 109 Å². The predicted molar refractivity (Wildman–Crippen MR) is 190 cm³/mol. The van der Waals surface area contributed by atoms with Gasteiger partial charge in [-0.2, -0.15) is 5.26 Å². The van der Waals surface area contributed by atoms with Gasteiger partial charge in [0.05, 0.1) is 38.6 Å². The van der Waals surface area contributed by atoms with Crippen molar-refractivity contribution in [3.8, 4) is 45.5 Å². The van der Waals surface area contributed by atoms with Crippen LogP contribution in [0.4, 0.5) is 0 Å². The van der Waals surface area contributed by atoms with Gasteiger partial charge in [-0.3, -0.25) is 0 Å². The van der Waals surface area contributed by atoms with Gasteiger partial charge in [-0.05, 0) is 47.5 Å². The number of nitriles is 1. The number of nitrogens with zero attached hydrogens (tertiary/aromatic N) is 4. The van der Waals surface area contributed by atoms with Crippen molar-refractivity contribution < 1.29 is 0 Å². The van der Waals surface area contributed by atoms with Crippen LogP contribution in [-0.4, -0.2) is 14.5 Å². The predicted octanol–water partition coefficient (Wildman–Crippen LogP) is 10.8. The number of aromatic nitrogens is 3. The first kappa shape index (κ1) is 26.3. The molecule has 0 amide bonds. The lowest BCUT2D eigenvalue weighted by atomic mass is 10.0. The van der Waals surface area contributed by atoms with Gasteiger partial charge in [0.15, 0.2) is 5.82 Å². The van der Waals surface area contributed by atoms with Crippen LogP contribution in [0, 0.1) is 11.3 Å². The maximum Gasteiger partial charge on any atom is 0.160 e. The van der Waals surface area contributed by atoms with Gasteiger partial charge < -0.3 is 4.57 Å². The molecule has 0 spiro atoms. The molecule has 0 bridgehead atoms. The van der Waals surface area contributed by atoms with Crippen molar-refractivity contribution in [2.45, 2.75) is 0 Å². The van der Waals surface area contributed by atoms with Gasteiger partial charge in [0.1, 0.15) is 0 Å². The van der Waals surface area contributed by atoms with Crippen molar-refractivity contribution in [1.82, 2.24) is 14.5 Å². The van der Waals surface area contributed by atoms with Crippen LogP contribution < -0.4 is 0 Å². The lowest BCUT2D eigenvalue weighted by Crippen LogP contribution is -1.96. The second-order valence-corrected chi connectivity index (χ2v) is 12.4. The molecular weight excluding hydrogens is 581 g/mol. The molecule has 0 saturated carbocycles. The highest BCUT2D eigenvalue weighted by molar-refractivity contribution is 7.26. The number of hydrogen-bond acceptors (Lipinski definition) is 4. The lowest BCUT2D eigenvalue weighted by molar-refractivity contribution is 1.18. The summed E-state index contributed by atoms with van der Waals surface area (Å²) in [6.07, 6.45) is 0. The van der Waals surface area contributed by atoms with Crippen LogP contribution in [0.2, 0.25) is 0 Å². The van der Waals surface area contributed by atoms with E-state index in [0.29, 0.717) is 11.4 Å². The van der Waals surface area contributed by atoms with E-state index < -0.39 is 0 Å². The summed E-state index contributed by atoms with van der Waals surface area (Å²) in [4.78, 5) is 10.2. The standard InChI is InChI=1S/C41H24N4S/c42-25-26-21-30(23-31(22-26)45-35-17-9-7-15-32(35)33-16-8-10-18-36(33)45)29-19-20-34-37(24-29)46-40-38(27-11-3-1-4-12-27)43-41(44-39(34)40)28-13-5-2-6-14-28/h1-24H. The van der Waals surface area contributed by atoms with E-state index in [0.717, 1.165) is 65.0 Å². The highest BCUT2D eigenvalue weighted by Gasteiger charge is 2.18. The Hall–Kier alpha value is -6.09. The van der Waals surface area contributed by atoms with Crippen LogP contribution in [0.1, 0.15) is 5.56 Å². The second-order valence-electron chi connectivity index (χ2n) is 11.4. The zero-order chi connectivity index (χ0) is 30.6. The molecule has 0 atom stereocenters. The van der Waals surface area contributed by atoms with Crippen LogP contribution in [-0.2, 0) is 0 Å². The molecule has 0 fully saturated rings. The maximum absolute atomic E-state index is 10.1. The first-order chi connectivity index (χ1) is 22.7. The number of benzene rings is 6. The Kier molecular flexibility index (Phi) is 6.02. The summed E-state index contributed by atoms with van der Waals surface area (Å²) >= 11 is 1.72. The van der Waals surface area contributed by atoms with Crippen LogP contribution in [0.15, 0.2) is 146 Å². The third kappa shape index (κ3) is 4.20. The Morgan fingerprint density at radius 2 is 1.20 bits per heavy atom. The van der Waals surface area contributed by atoms with Gasteiger partial charge in [-0.25, -0.2) is 9.97 Å². The average Bonchev–Trinajstić information content (AvgIpc) is 3.67. The molecule has 6 aromatic carbocycles. The number of para-hydroxylation sites is 2. The zero-order valence-electron chi connectivity index (χ0n) is 24.6. The summed E-state index contributed by atoms with van der Waals surface area (Å²) < 4.78 is 4.46. The Bertz CT molecular complexity index is 2590. The molecule has 0 aliphatic rings. The van der Waals surface area contributed by atoms with Crippen LogP contribution in [0.25, 0.3) is 81.6 Å². The van der Waals surface area contributed by atoms with Crippen molar-refractivity contribution in [3.63, 3.8) is 0 Å². The van der Waals surface area contributed by atoms with Crippen molar-refractivity contribution in [2.75, 3.05) is 0 Å². The number of rotatable bonds is 4. The van der Waals surface area contributed by atoms with Crippen molar-refractivity contribution >= 4 is 53.4 Å². The van der Waals surface area contributed by atoms with E-state index in [2.05, 4.69) is 108 Å². The number of hydrogen-bond donors (Lipinski definition) is 0. The Morgan fingerprint density at radius 3 is 1.89 bits per heavy atom. The molecule has 46 heavy (non-hydrogen) atoms. The van der Waals surface area contributed by atoms with E-state index in [-0.39, 0.29) is 0 Å². The highest BCUT2D eigenvalue weighted by atomic mass is 32.1. The summed E-state index contributed by atoms with van der Waals surface area (Å²) in [5.74, 6) is 0.716. The summed E-state index contributed by atoms with van der Waals surface area (Å²) in [6, 6.07) is 52.5. The highest BCUT2D eigenvalue weighted by Crippen LogP contribution is 2.41. The smallest absolute Gasteiger partial charge is 0.160 e. The van der Waals surface area contributed by atoms with Gasteiger partial charge in [0.2, 0.25) is 0 Å². The summed E-state index contributed by atoms with van der Waals surface area (Å²) in [5.41, 5.74) is 9.81. The average molecular weight is 605 g/mol. The third-order valence-electron chi connectivity index (χ3n) is 8.61. The number of thiophene rings is 1. The first-order valence-electron chi connectivity index (χ1n) is 15.1. The molecule has 0 unspecified atom stereocenters. The molecule has 0 saturated heterocycles. The Balaban J connectivity index is 1.25. The minimum Gasteiger partial charge on any atom is -0.309 e. The zero-order valence-corrected chi connectivity index (χ0v) is 25.4. The van der Waals surface area contributed by atoms with Crippen LogP contribution in [0.3, 0.4) is 0 Å². The topological polar surface area (TPSA) is 54.5 Å². The summed E-state index contributed by atoms with van der Waals surface area (Å²) in [5, 5.41) is 13.6. The van der Waals surface area contributed by atoms with Crippen molar-refractivity contribution in [2.24, 2.45) is 0 Å². The van der Waals surface area contributed by atoms with E-state index in [9.17, 15) is 5.26 Å². The first-order valence-corrected chi connectivity index (χ1v) is 16.0. The van der Waals surface area contributed by atoms with E-state index in [1.807, 2.05) is 48.5 Å². The van der Waals surface area contributed by atoms with E-state index in [1.165, 1.54) is 10.8 Å². The second kappa shape index (κ2) is 10.5. The molecule has 3 aromatic heterocycles. The maximum atomic E-state index is 10.1. The molecule has 5 heteroatoms. The summed E-state index contributed by atoms with van der Waals surface area (Å²) in [7, 11) is 0. The fraction of sp³-hybridized carbons (Fsp3) is 0. The van der Waals surface area contributed by atoms with Gasteiger partial charge >= 0.3 is 0 Å². The van der Waals surface area contributed by atoms with Gasteiger partial charge in [0, 0.05) is 37.7 Å². The van der Waals surface area contributed by atoms with Gasteiger partial charge in [0.25, 0.3) is 0 Å². The monoisotopic (exact) mass is 604 g/mol. The minimum absolute atomic E-state index is 0.621. The van der Waals surface area contributed by atoms with Crippen molar-refractivity contribution in [3.05, 3.63) is 151 Å². The largest absolute Gasteiger partial charge is 0.309 e. The molecule has 9 aromatic rings. The molecule has 3 heterocycles. The number of fused-ring (bicyclic) bond motifs is 6. The van der Waals surface area contributed by atoms with E-state index >= 15 is 0 Å². The quantitative estimate of drug-likeness (QED) is 0.201. The van der Waals surface area contributed by atoms with Crippen molar-refractivity contribution in [1.29, 1.82) is 5.26 Å². The molecule has 9 rings (SSSR count). The SMILES string of the molecule is N#Cc1cc(-c2ccc3c(c2)sc2c(-c4ccccc4)nc(-c4ccccc4)nc23)cc(-n2c3ccccc3c3ccccc32)c1. The normalized spacial score (nSPS) is 11.5. The molecule has 0 aliphatic carbocycles. The summed E-state index contributed by atoms with van der Waals surface area (Å²) in [6.45, 7) is 0. The third-order valence-corrected chi connectivity index (χ3v) is 9.76. The fourth-order valence-electron chi connectivity index (χ4n) is 6.50. The fourth-order valence-corrected chi connectivity index (χ4v) is 7.69. The molecule has 0 aliphatic heterocycles. The van der Waals surface area contributed by atoms with Crippen LogP contribution >= 0.6 is 11.3 Å². The van der Waals surface area contributed by atoms with Crippen LogP contribution in [0.5, 0.6) is 0 Å². The van der Waals surface area contributed by atoms with Gasteiger partial charge in [-0.15, -0.1) is 11.3 Å². The Morgan fingerprint density at radius 1 is 0.543 bits per heavy atom. The molecule has 214 valence electrons. The molecule has 0 radical (unpaired) electrons. The molecule has 4 nitrogen and oxygen atoms in total. The lowest BCUT2D eigenvalue weighted by Gasteiger charge is -2.11.